The van der Waals surface area contributed by atoms with Gasteiger partial charge in [0.2, 0.25) is 0 Å². The van der Waals surface area contributed by atoms with Gasteiger partial charge in [0.05, 0.1) is 0 Å². The molecule has 2 rings (SSSR count). The van der Waals surface area contributed by atoms with E-state index in [2.05, 4.69) is 0 Å². The van der Waals surface area contributed by atoms with Gasteiger partial charge in [-0.25, -0.2) is 0 Å². The minimum absolute atomic E-state index is 0.493. The second-order valence-electron chi connectivity index (χ2n) is 4.20. The Morgan fingerprint density at radius 2 is 1.93 bits per heavy atom. The molecule has 0 amide bonds. The minimum atomic E-state index is 0.493. The molecular weight excluding hydrogens is 208 g/mol. The highest BCUT2D eigenvalue weighted by Crippen LogP contribution is 2.37. The van der Waals surface area contributed by atoms with E-state index in [-0.39, 0.29) is 0 Å². The van der Waals surface area contributed by atoms with Gasteiger partial charge in [0, 0.05) is 10.6 Å². The summed E-state index contributed by atoms with van der Waals surface area (Å²) in [4.78, 5) is 11.0. The molecule has 0 heterocycles. The van der Waals surface area contributed by atoms with Gasteiger partial charge in [-0.2, -0.15) is 0 Å². The van der Waals surface area contributed by atoms with Crippen molar-refractivity contribution < 1.29 is 4.79 Å². The molecule has 0 N–H and O–H groups in total. The van der Waals surface area contributed by atoms with Crippen LogP contribution in [0.4, 0.5) is 0 Å². The molecular formula is C13H15ClO. The number of rotatable bonds is 2. The average molecular weight is 223 g/mol. The number of aldehydes is 1. The maximum absolute atomic E-state index is 11.0. The summed E-state index contributed by atoms with van der Waals surface area (Å²) in [5.74, 6) is 0.493. The van der Waals surface area contributed by atoms with Crippen LogP contribution in [0.3, 0.4) is 0 Å². The number of carbonyl (C=O) groups excluding carboxylic acids is 1. The van der Waals surface area contributed by atoms with Gasteiger partial charge in [0.1, 0.15) is 6.29 Å². The Balaban J connectivity index is 2.35. The van der Waals surface area contributed by atoms with Crippen molar-refractivity contribution >= 4 is 17.9 Å². The zero-order chi connectivity index (χ0) is 10.7. The Hall–Kier alpha value is -0.820. The zero-order valence-electron chi connectivity index (χ0n) is 8.71. The summed E-state index contributed by atoms with van der Waals surface area (Å²) in [5.41, 5.74) is 1.85. The van der Waals surface area contributed by atoms with E-state index in [9.17, 15) is 4.79 Å². The Morgan fingerprint density at radius 1 is 1.20 bits per heavy atom. The van der Waals surface area contributed by atoms with Gasteiger partial charge in [0.25, 0.3) is 0 Å². The fourth-order valence-electron chi connectivity index (χ4n) is 2.48. The highest BCUT2D eigenvalue weighted by Gasteiger charge is 2.20. The molecule has 0 radical (unpaired) electrons. The SMILES string of the molecule is O=Cc1cccc(Cl)c1C1CCCCC1. The largest absolute Gasteiger partial charge is 0.298 e. The number of hydrogen-bond acceptors (Lipinski definition) is 1. The number of carbonyl (C=O) groups is 1. The topological polar surface area (TPSA) is 17.1 Å². The highest BCUT2D eigenvalue weighted by molar-refractivity contribution is 6.31. The first-order valence-electron chi connectivity index (χ1n) is 5.56. The van der Waals surface area contributed by atoms with Crippen molar-refractivity contribution in [1.29, 1.82) is 0 Å². The molecule has 1 saturated carbocycles. The van der Waals surface area contributed by atoms with E-state index in [1.54, 1.807) is 0 Å². The molecule has 0 bridgehead atoms. The molecule has 1 fully saturated rings. The van der Waals surface area contributed by atoms with Crippen LogP contribution in [0.5, 0.6) is 0 Å². The van der Waals surface area contributed by atoms with E-state index in [0.717, 1.165) is 22.4 Å². The van der Waals surface area contributed by atoms with Crippen molar-refractivity contribution in [2.45, 2.75) is 38.0 Å². The van der Waals surface area contributed by atoms with Crippen molar-refractivity contribution in [2.24, 2.45) is 0 Å². The zero-order valence-corrected chi connectivity index (χ0v) is 9.46. The third-order valence-electron chi connectivity index (χ3n) is 3.23. The normalized spacial score (nSPS) is 17.7. The molecule has 1 aromatic carbocycles. The van der Waals surface area contributed by atoms with Crippen LogP contribution in [0, 0.1) is 0 Å². The smallest absolute Gasteiger partial charge is 0.150 e. The Morgan fingerprint density at radius 3 is 2.60 bits per heavy atom. The van der Waals surface area contributed by atoms with Crippen molar-refractivity contribution in [3.8, 4) is 0 Å². The predicted octanol–water partition coefficient (Wildman–Crippen LogP) is 4.20. The van der Waals surface area contributed by atoms with E-state index in [1.807, 2.05) is 18.2 Å². The summed E-state index contributed by atoms with van der Waals surface area (Å²) in [6.07, 6.45) is 7.10. The van der Waals surface area contributed by atoms with E-state index in [0.29, 0.717) is 5.92 Å². The van der Waals surface area contributed by atoms with Gasteiger partial charge in [-0.3, -0.25) is 4.79 Å². The van der Waals surface area contributed by atoms with Crippen LogP contribution in [0.2, 0.25) is 5.02 Å². The summed E-state index contributed by atoms with van der Waals surface area (Å²) >= 11 is 6.18. The third kappa shape index (κ3) is 2.23. The summed E-state index contributed by atoms with van der Waals surface area (Å²) in [5, 5.41) is 0.756. The van der Waals surface area contributed by atoms with E-state index in [1.165, 1.54) is 32.1 Å². The first-order valence-corrected chi connectivity index (χ1v) is 5.94. The number of halogens is 1. The van der Waals surface area contributed by atoms with Crippen LogP contribution in [0.1, 0.15) is 53.9 Å². The van der Waals surface area contributed by atoms with Gasteiger partial charge in [-0.05, 0) is 30.4 Å². The second-order valence-corrected chi connectivity index (χ2v) is 4.60. The summed E-state index contributed by atoms with van der Waals surface area (Å²) in [7, 11) is 0. The minimum Gasteiger partial charge on any atom is -0.298 e. The lowest BCUT2D eigenvalue weighted by molar-refractivity contribution is 0.112. The quantitative estimate of drug-likeness (QED) is 0.686. The van der Waals surface area contributed by atoms with Gasteiger partial charge in [0.15, 0.2) is 0 Å². The van der Waals surface area contributed by atoms with Crippen LogP contribution >= 0.6 is 11.6 Å². The van der Waals surface area contributed by atoms with Crippen molar-refractivity contribution in [1.82, 2.24) is 0 Å². The van der Waals surface area contributed by atoms with Gasteiger partial charge >= 0.3 is 0 Å². The monoisotopic (exact) mass is 222 g/mol. The van der Waals surface area contributed by atoms with E-state index in [4.69, 9.17) is 11.6 Å². The Kier molecular flexibility index (Phi) is 3.42. The fraction of sp³-hybridized carbons (Fsp3) is 0.462. The lowest BCUT2D eigenvalue weighted by Gasteiger charge is -2.24. The summed E-state index contributed by atoms with van der Waals surface area (Å²) < 4.78 is 0. The second kappa shape index (κ2) is 4.80. The van der Waals surface area contributed by atoms with Crippen molar-refractivity contribution in [3.63, 3.8) is 0 Å². The molecule has 15 heavy (non-hydrogen) atoms. The molecule has 0 saturated heterocycles. The molecule has 1 aliphatic rings. The van der Waals surface area contributed by atoms with E-state index >= 15 is 0 Å². The van der Waals surface area contributed by atoms with Crippen LogP contribution in [0.25, 0.3) is 0 Å². The molecule has 0 atom stereocenters. The first kappa shape index (κ1) is 10.7. The number of hydrogen-bond donors (Lipinski definition) is 0. The third-order valence-corrected chi connectivity index (χ3v) is 3.56. The average Bonchev–Trinajstić information content (AvgIpc) is 2.29. The van der Waals surface area contributed by atoms with Crippen molar-refractivity contribution in [2.75, 3.05) is 0 Å². The predicted molar refractivity (Wildman–Crippen MR) is 62.7 cm³/mol. The summed E-state index contributed by atoms with van der Waals surface area (Å²) in [6.45, 7) is 0. The van der Waals surface area contributed by atoms with Gasteiger partial charge in [-0.15, -0.1) is 0 Å². The maximum Gasteiger partial charge on any atom is 0.150 e. The molecule has 0 aromatic heterocycles. The molecule has 0 unspecified atom stereocenters. The number of benzene rings is 1. The van der Waals surface area contributed by atoms with Crippen LogP contribution in [-0.2, 0) is 0 Å². The Labute approximate surface area is 95.4 Å². The molecule has 80 valence electrons. The van der Waals surface area contributed by atoms with Crippen LogP contribution in [-0.4, -0.2) is 6.29 Å². The Bertz CT molecular complexity index is 354. The van der Waals surface area contributed by atoms with Gasteiger partial charge < -0.3 is 0 Å². The molecule has 0 spiro atoms. The first-order chi connectivity index (χ1) is 7.33. The highest BCUT2D eigenvalue weighted by atomic mass is 35.5. The van der Waals surface area contributed by atoms with Crippen molar-refractivity contribution in [3.05, 3.63) is 34.3 Å². The lowest BCUT2D eigenvalue weighted by Crippen LogP contribution is -2.07. The molecule has 0 aliphatic heterocycles. The fourth-order valence-corrected chi connectivity index (χ4v) is 2.81. The lowest BCUT2D eigenvalue weighted by atomic mass is 9.82. The van der Waals surface area contributed by atoms with Crippen LogP contribution < -0.4 is 0 Å². The summed E-state index contributed by atoms with van der Waals surface area (Å²) in [6, 6.07) is 5.60. The van der Waals surface area contributed by atoms with E-state index < -0.39 is 0 Å². The van der Waals surface area contributed by atoms with Gasteiger partial charge in [-0.1, -0.05) is 43.0 Å². The molecule has 1 aliphatic carbocycles. The standard InChI is InChI=1S/C13H15ClO/c14-12-8-4-7-11(9-15)13(12)10-5-2-1-3-6-10/h4,7-10H,1-3,5-6H2. The molecule has 1 aromatic rings. The maximum atomic E-state index is 11.0. The molecule has 2 heteroatoms. The molecule has 1 nitrogen and oxygen atoms in total. The van der Waals surface area contributed by atoms with Crippen LogP contribution in [0.15, 0.2) is 18.2 Å².